The van der Waals surface area contributed by atoms with Gasteiger partial charge in [0.15, 0.2) is 0 Å². The molecule has 0 aliphatic heterocycles. The predicted molar refractivity (Wildman–Crippen MR) is 66.0 cm³/mol. The standard InChI is InChI=1S/C13H20F3NO3/c14-13(15,16)10-5-3-9(4-6-10)8-11(18)17-7-1-2-12(19)20/h9-10H,1-8H2,(H,17,18)(H,19,20). The minimum absolute atomic E-state index is 0.00300. The summed E-state index contributed by atoms with van der Waals surface area (Å²) < 4.78 is 37.4. The maximum absolute atomic E-state index is 12.5. The Morgan fingerprint density at radius 2 is 1.75 bits per heavy atom. The monoisotopic (exact) mass is 295 g/mol. The van der Waals surface area contributed by atoms with Gasteiger partial charge < -0.3 is 10.4 Å². The Bertz CT molecular complexity index is 336. The van der Waals surface area contributed by atoms with Crippen LogP contribution in [-0.2, 0) is 9.59 Å². The molecule has 0 atom stereocenters. The maximum atomic E-state index is 12.5. The number of amides is 1. The fraction of sp³-hybridized carbons (Fsp3) is 0.846. The van der Waals surface area contributed by atoms with E-state index in [1.807, 2.05) is 0 Å². The summed E-state index contributed by atoms with van der Waals surface area (Å²) in [5.41, 5.74) is 0. The summed E-state index contributed by atoms with van der Waals surface area (Å²) in [4.78, 5) is 21.8. The fourth-order valence-electron chi connectivity index (χ4n) is 2.50. The van der Waals surface area contributed by atoms with Gasteiger partial charge in [0.2, 0.25) is 5.91 Å². The van der Waals surface area contributed by atoms with Gasteiger partial charge in [0.1, 0.15) is 0 Å². The zero-order chi connectivity index (χ0) is 15.2. The van der Waals surface area contributed by atoms with Crippen molar-refractivity contribution < 1.29 is 27.9 Å². The first-order valence-corrected chi connectivity index (χ1v) is 6.84. The first-order valence-electron chi connectivity index (χ1n) is 6.84. The van der Waals surface area contributed by atoms with Crippen molar-refractivity contribution in [1.29, 1.82) is 0 Å². The number of carbonyl (C=O) groups is 2. The Morgan fingerprint density at radius 1 is 1.15 bits per heavy atom. The van der Waals surface area contributed by atoms with Crippen LogP contribution in [0.15, 0.2) is 0 Å². The van der Waals surface area contributed by atoms with Gasteiger partial charge in [0.25, 0.3) is 0 Å². The Balaban J connectivity index is 2.17. The van der Waals surface area contributed by atoms with Gasteiger partial charge in [0.05, 0.1) is 5.92 Å². The van der Waals surface area contributed by atoms with E-state index in [4.69, 9.17) is 5.11 Å². The summed E-state index contributed by atoms with van der Waals surface area (Å²) in [5.74, 6) is -2.33. The molecule has 0 heterocycles. The van der Waals surface area contributed by atoms with E-state index in [0.29, 0.717) is 25.8 Å². The van der Waals surface area contributed by atoms with Gasteiger partial charge in [0, 0.05) is 19.4 Å². The molecule has 116 valence electrons. The zero-order valence-electron chi connectivity index (χ0n) is 11.2. The molecular weight excluding hydrogens is 275 g/mol. The van der Waals surface area contributed by atoms with Gasteiger partial charge in [-0.15, -0.1) is 0 Å². The van der Waals surface area contributed by atoms with Crippen molar-refractivity contribution >= 4 is 11.9 Å². The molecule has 0 unspecified atom stereocenters. The summed E-state index contributed by atoms with van der Waals surface area (Å²) in [6.07, 6.45) is -2.49. The number of halogens is 3. The van der Waals surface area contributed by atoms with Gasteiger partial charge in [-0.2, -0.15) is 13.2 Å². The van der Waals surface area contributed by atoms with Gasteiger partial charge in [-0.05, 0) is 38.0 Å². The second kappa shape index (κ2) is 7.50. The number of carboxylic acid groups (broad SMARTS) is 1. The molecule has 0 spiro atoms. The topological polar surface area (TPSA) is 66.4 Å². The van der Waals surface area contributed by atoms with Crippen LogP contribution in [-0.4, -0.2) is 29.7 Å². The molecule has 1 saturated carbocycles. The molecular formula is C13H20F3NO3. The van der Waals surface area contributed by atoms with E-state index in [2.05, 4.69) is 5.32 Å². The summed E-state index contributed by atoms with van der Waals surface area (Å²) >= 11 is 0. The molecule has 1 aliphatic rings. The number of hydrogen-bond acceptors (Lipinski definition) is 2. The number of carboxylic acids is 1. The maximum Gasteiger partial charge on any atom is 0.391 e. The van der Waals surface area contributed by atoms with Crippen LogP contribution in [0.2, 0.25) is 0 Å². The minimum Gasteiger partial charge on any atom is -0.481 e. The van der Waals surface area contributed by atoms with Crippen LogP contribution in [0.4, 0.5) is 13.2 Å². The number of hydrogen-bond donors (Lipinski definition) is 2. The van der Waals surface area contributed by atoms with E-state index in [1.54, 1.807) is 0 Å². The van der Waals surface area contributed by atoms with E-state index >= 15 is 0 Å². The van der Waals surface area contributed by atoms with Crippen molar-refractivity contribution in [1.82, 2.24) is 5.32 Å². The molecule has 7 heteroatoms. The largest absolute Gasteiger partial charge is 0.481 e. The van der Waals surface area contributed by atoms with Crippen LogP contribution >= 0.6 is 0 Å². The minimum atomic E-state index is -4.12. The van der Waals surface area contributed by atoms with Crippen LogP contribution < -0.4 is 5.32 Å². The highest BCUT2D eigenvalue weighted by Gasteiger charge is 2.41. The van der Waals surface area contributed by atoms with Crippen molar-refractivity contribution in [2.24, 2.45) is 11.8 Å². The molecule has 1 aliphatic carbocycles. The number of aliphatic carboxylic acids is 1. The van der Waals surface area contributed by atoms with Crippen LogP contribution in [0.3, 0.4) is 0 Å². The van der Waals surface area contributed by atoms with Crippen LogP contribution in [0.25, 0.3) is 0 Å². The van der Waals surface area contributed by atoms with E-state index in [-0.39, 0.29) is 37.5 Å². The zero-order valence-corrected chi connectivity index (χ0v) is 11.2. The lowest BCUT2D eigenvalue weighted by atomic mass is 9.80. The second-order valence-electron chi connectivity index (χ2n) is 5.31. The summed E-state index contributed by atoms with van der Waals surface area (Å²) in [7, 11) is 0. The molecule has 20 heavy (non-hydrogen) atoms. The molecule has 0 aromatic heterocycles. The third kappa shape index (κ3) is 6.25. The van der Waals surface area contributed by atoms with E-state index in [0.717, 1.165) is 0 Å². The highest BCUT2D eigenvalue weighted by Crippen LogP contribution is 2.40. The molecule has 2 N–H and O–H groups in total. The summed E-state index contributed by atoms with van der Waals surface area (Å²) in [5, 5.41) is 11.0. The average molecular weight is 295 g/mol. The highest BCUT2D eigenvalue weighted by atomic mass is 19.4. The Hall–Kier alpha value is -1.27. The molecule has 0 aromatic rings. The van der Waals surface area contributed by atoms with Crippen LogP contribution in [0, 0.1) is 11.8 Å². The number of alkyl halides is 3. The molecule has 0 saturated heterocycles. The molecule has 4 nitrogen and oxygen atoms in total. The average Bonchev–Trinajstić information content (AvgIpc) is 2.34. The van der Waals surface area contributed by atoms with Crippen LogP contribution in [0.5, 0.6) is 0 Å². The van der Waals surface area contributed by atoms with E-state index < -0.39 is 18.1 Å². The lowest BCUT2D eigenvalue weighted by molar-refractivity contribution is -0.184. The van der Waals surface area contributed by atoms with Gasteiger partial charge in [-0.3, -0.25) is 9.59 Å². The first-order chi connectivity index (χ1) is 9.29. The lowest BCUT2D eigenvalue weighted by Gasteiger charge is -2.29. The summed E-state index contributed by atoms with van der Waals surface area (Å²) in [6, 6.07) is 0. The van der Waals surface area contributed by atoms with Crippen molar-refractivity contribution in [2.75, 3.05) is 6.54 Å². The van der Waals surface area contributed by atoms with Gasteiger partial charge in [-0.1, -0.05) is 0 Å². The molecule has 0 aromatic carbocycles. The normalized spacial score (nSPS) is 23.4. The SMILES string of the molecule is O=C(O)CCCNC(=O)CC1CCC(C(F)(F)F)CC1. The van der Waals surface area contributed by atoms with E-state index in [9.17, 15) is 22.8 Å². The fourth-order valence-corrected chi connectivity index (χ4v) is 2.50. The second-order valence-corrected chi connectivity index (χ2v) is 5.31. The molecule has 0 bridgehead atoms. The third-order valence-electron chi connectivity index (χ3n) is 3.67. The highest BCUT2D eigenvalue weighted by molar-refractivity contribution is 5.76. The van der Waals surface area contributed by atoms with E-state index in [1.165, 1.54) is 0 Å². The quantitative estimate of drug-likeness (QED) is 0.740. The molecule has 1 fully saturated rings. The van der Waals surface area contributed by atoms with Crippen molar-refractivity contribution in [3.8, 4) is 0 Å². The summed E-state index contributed by atoms with van der Waals surface area (Å²) in [6.45, 7) is 0.295. The van der Waals surface area contributed by atoms with Crippen molar-refractivity contribution in [2.45, 2.75) is 51.1 Å². The van der Waals surface area contributed by atoms with Crippen LogP contribution in [0.1, 0.15) is 44.9 Å². The molecule has 1 amide bonds. The van der Waals surface area contributed by atoms with Gasteiger partial charge in [-0.25, -0.2) is 0 Å². The Labute approximate surface area is 115 Å². The first kappa shape index (κ1) is 16.8. The predicted octanol–water partition coefficient (Wildman–Crippen LogP) is 2.73. The number of carbonyl (C=O) groups excluding carboxylic acids is 1. The van der Waals surface area contributed by atoms with Gasteiger partial charge >= 0.3 is 12.1 Å². The molecule has 0 radical (unpaired) electrons. The van der Waals surface area contributed by atoms with Crippen molar-refractivity contribution in [3.63, 3.8) is 0 Å². The Morgan fingerprint density at radius 3 is 2.25 bits per heavy atom. The Kier molecular flexibility index (Phi) is 6.29. The number of rotatable bonds is 6. The third-order valence-corrected chi connectivity index (χ3v) is 3.67. The smallest absolute Gasteiger partial charge is 0.391 e. The number of nitrogens with one attached hydrogen (secondary N) is 1. The lowest BCUT2D eigenvalue weighted by Crippen LogP contribution is -2.31. The molecule has 1 rings (SSSR count). The van der Waals surface area contributed by atoms with Crippen molar-refractivity contribution in [3.05, 3.63) is 0 Å².